The number of nitriles is 1. The van der Waals surface area contributed by atoms with Crippen molar-refractivity contribution in [3.8, 4) is 6.07 Å². The molecule has 0 spiro atoms. The maximum absolute atomic E-state index is 13.1. The Morgan fingerprint density at radius 1 is 0.970 bits per heavy atom. The molecule has 0 atom stereocenters. The fourth-order valence-electron chi connectivity index (χ4n) is 3.74. The van der Waals surface area contributed by atoms with Gasteiger partial charge < -0.3 is 9.64 Å². The Balaban J connectivity index is 1.36. The Bertz CT molecular complexity index is 1160. The van der Waals surface area contributed by atoms with Crippen LogP contribution < -0.4 is 10.2 Å². The largest absolute Gasteiger partial charge is 0.444 e. The fraction of sp³-hybridized carbons (Fsp3) is 0.192. The number of urea groups is 1. The molecule has 3 aromatic rings. The average molecular weight is 441 g/mol. The van der Waals surface area contributed by atoms with Crippen LogP contribution in [0.25, 0.3) is 0 Å². The molecule has 7 heteroatoms. The van der Waals surface area contributed by atoms with Gasteiger partial charge in [0, 0.05) is 31.0 Å². The highest BCUT2D eigenvalue weighted by Gasteiger charge is 2.27. The third-order valence-electron chi connectivity index (χ3n) is 5.45. The standard InChI is InChI=1S/C26H24N4O3/c27-17-21-9-4-5-10-22(21)18-29-15-6-16-30(26(29)32)24-13-11-23(12-14-24)28-25(31)33-19-20-7-2-1-3-8-20/h1-5,7-14H,6,15-16,18-19H2,(H,28,31). The average Bonchev–Trinajstić information content (AvgIpc) is 2.86. The normalized spacial score (nSPS) is 13.4. The van der Waals surface area contributed by atoms with E-state index >= 15 is 0 Å². The molecule has 0 aromatic heterocycles. The van der Waals surface area contributed by atoms with E-state index in [1.807, 2.05) is 48.5 Å². The van der Waals surface area contributed by atoms with Crippen LogP contribution in [0, 0.1) is 11.3 Å². The molecule has 3 aromatic carbocycles. The second-order valence-electron chi connectivity index (χ2n) is 7.71. The third kappa shape index (κ3) is 5.49. The van der Waals surface area contributed by atoms with E-state index in [-0.39, 0.29) is 12.6 Å². The fourth-order valence-corrected chi connectivity index (χ4v) is 3.74. The van der Waals surface area contributed by atoms with E-state index in [9.17, 15) is 14.9 Å². The van der Waals surface area contributed by atoms with Gasteiger partial charge in [-0.1, -0.05) is 48.5 Å². The van der Waals surface area contributed by atoms with Crippen LogP contribution in [0.3, 0.4) is 0 Å². The van der Waals surface area contributed by atoms with E-state index in [2.05, 4.69) is 11.4 Å². The molecule has 7 nitrogen and oxygen atoms in total. The van der Waals surface area contributed by atoms with Crippen LogP contribution in [0.15, 0.2) is 78.9 Å². The number of rotatable bonds is 6. The molecule has 0 radical (unpaired) electrons. The highest BCUT2D eigenvalue weighted by Crippen LogP contribution is 2.24. The van der Waals surface area contributed by atoms with Gasteiger partial charge >= 0.3 is 12.1 Å². The van der Waals surface area contributed by atoms with Crippen molar-refractivity contribution >= 4 is 23.5 Å². The monoisotopic (exact) mass is 440 g/mol. The maximum atomic E-state index is 13.1. The van der Waals surface area contributed by atoms with E-state index < -0.39 is 6.09 Å². The van der Waals surface area contributed by atoms with Crippen molar-refractivity contribution in [2.24, 2.45) is 0 Å². The van der Waals surface area contributed by atoms with Crippen LogP contribution in [0.1, 0.15) is 23.1 Å². The predicted octanol–water partition coefficient (Wildman–Crippen LogP) is 5.14. The molecule has 1 N–H and O–H groups in total. The van der Waals surface area contributed by atoms with Crippen molar-refractivity contribution in [1.29, 1.82) is 5.26 Å². The molecular formula is C26H24N4O3. The summed E-state index contributed by atoms with van der Waals surface area (Å²) < 4.78 is 5.24. The molecule has 33 heavy (non-hydrogen) atoms. The van der Waals surface area contributed by atoms with Gasteiger partial charge in [0.1, 0.15) is 6.61 Å². The van der Waals surface area contributed by atoms with Crippen LogP contribution in [0.5, 0.6) is 0 Å². The molecular weight excluding hydrogens is 416 g/mol. The van der Waals surface area contributed by atoms with Gasteiger partial charge in [0.05, 0.1) is 11.6 Å². The zero-order valence-electron chi connectivity index (χ0n) is 18.1. The smallest absolute Gasteiger partial charge is 0.411 e. The van der Waals surface area contributed by atoms with Crippen LogP contribution in [0.2, 0.25) is 0 Å². The first-order chi connectivity index (χ1) is 16.1. The van der Waals surface area contributed by atoms with Gasteiger partial charge in [-0.05, 0) is 47.9 Å². The minimum atomic E-state index is -0.539. The molecule has 1 aliphatic heterocycles. The summed E-state index contributed by atoms with van der Waals surface area (Å²) in [7, 11) is 0. The summed E-state index contributed by atoms with van der Waals surface area (Å²) in [5.74, 6) is 0. The zero-order valence-corrected chi connectivity index (χ0v) is 18.1. The number of benzene rings is 3. The number of nitrogens with zero attached hydrogens (tertiary/aromatic N) is 3. The van der Waals surface area contributed by atoms with Gasteiger partial charge in [0.15, 0.2) is 0 Å². The Morgan fingerprint density at radius 3 is 2.45 bits per heavy atom. The lowest BCUT2D eigenvalue weighted by Gasteiger charge is -2.36. The summed E-state index contributed by atoms with van der Waals surface area (Å²) in [6.07, 6.45) is 0.287. The van der Waals surface area contributed by atoms with Crippen LogP contribution >= 0.6 is 0 Å². The van der Waals surface area contributed by atoms with Crippen LogP contribution in [-0.4, -0.2) is 30.1 Å². The Hall–Kier alpha value is -4.31. The Labute approximate surface area is 192 Å². The number of hydrogen-bond donors (Lipinski definition) is 1. The maximum Gasteiger partial charge on any atom is 0.411 e. The van der Waals surface area contributed by atoms with E-state index in [1.54, 1.807) is 40.1 Å². The first-order valence-electron chi connectivity index (χ1n) is 10.8. The molecule has 1 saturated heterocycles. The summed E-state index contributed by atoms with van der Waals surface area (Å²) in [5.41, 5.74) is 3.66. The summed E-state index contributed by atoms with van der Waals surface area (Å²) in [6, 6.07) is 26.0. The van der Waals surface area contributed by atoms with E-state index in [0.29, 0.717) is 30.9 Å². The van der Waals surface area contributed by atoms with Crippen LogP contribution in [0.4, 0.5) is 21.0 Å². The van der Waals surface area contributed by atoms with Crippen LogP contribution in [-0.2, 0) is 17.9 Å². The molecule has 0 aliphatic carbocycles. The highest BCUT2D eigenvalue weighted by molar-refractivity contribution is 5.93. The number of carbonyl (C=O) groups is 2. The van der Waals surface area contributed by atoms with Crippen molar-refractivity contribution in [3.63, 3.8) is 0 Å². The van der Waals surface area contributed by atoms with Crippen molar-refractivity contribution in [3.05, 3.63) is 95.6 Å². The number of anilines is 2. The van der Waals surface area contributed by atoms with Gasteiger partial charge in [0.2, 0.25) is 0 Å². The minimum Gasteiger partial charge on any atom is -0.444 e. The second-order valence-corrected chi connectivity index (χ2v) is 7.71. The van der Waals surface area contributed by atoms with Gasteiger partial charge in [-0.25, -0.2) is 9.59 Å². The summed E-state index contributed by atoms with van der Waals surface area (Å²) in [6.45, 7) is 1.84. The number of nitrogens with one attached hydrogen (secondary N) is 1. The minimum absolute atomic E-state index is 0.100. The summed E-state index contributed by atoms with van der Waals surface area (Å²) in [4.78, 5) is 28.6. The lowest BCUT2D eigenvalue weighted by molar-refractivity contribution is 0.155. The second kappa shape index (κ2) is 10.3. The zero-order chi connectivity index (χ0) is 23.0. The molecule has 1 fully saturated rings. The number of ether oxygens (including phenoxy) is 1. The molecule has 0 unspecified atom stereocenters. The van der Waals surface area contributed by atoms with E-state index in [4.69, 9.17) is 4.74 Å². The molecule has 0 saturated carbocycles. The lowest BCUT2D eigenvalue weighted by Crippen LogP contribution is -2.49. The van der Waals surface area contributed by atoms with E-state index in [0.717, 1.165) is 23.2 Å². The van der Waals surface area contributed by atoms with Gasteiger partial charge in [0.25, 0.3) is 0 Å². The number of carbonyl (C=O) groups excluding carboxylic acids is 2. The first-order valence-corrected chi connectivity index (χ1v) is 10.8. The third-order valence-corrected chi connectivity index (χ3v) is 5.45. The highest BCUT2D eigenvalue weighted by atomic mass is 16.5. The van der Waals surface area contributed by atoms with Crippen molar-refractivity contribution in [2.75, 3.05) is 23.3 Å². The number of hydrogen-bond acceptors (Lipinski definition) is 4. The van der Waals surface area contributed by atoms with Crippen molar-refractivity contribution in [1.82, 2.24) is 4.90 Å². The molecule has 1 heterocycles. The molecule has 0 bridgehead atoms. The molecule has 3 amide bonds. The van der Waals surface area contributed by atoms with Gasteiger partial charge in [-0.2, -0.15) is 5.26 Å². The van der Waals surface area contributed by atoms with Gasteiger partial charge in [-0.15, -0.1) is 0 Å². The van der Waals surface area contributed by atoms with E-state index in [1.165, 1.54) is 0 Å². The lowest BCUT2D eigenvalue weighted by atomic mass is 10.1. The quantitative estimate of drug-likeness (QED) is 0.575. The van der Waals surface area contributed by atoms with Crippen molar-refractivity contribution in [2.45, 2.75) is 19.6 Å². The molecule has 4 rings (SSSR count). The Morgan fingerprint density at radius 2 is 1.70 bits per heavy atom. The number of amides is 3. The van der Waals surface area contributed by atoms with Gasteiger partial charge in [-0.3, -0.25) is 10.2 Å². The summed E-state index contributed by atoms with van der Waals surface area (Å²) in [5, 5.41) is 12.0. The Kier molecular flexibility index (Phi) is 6.86. The summed E-state index contributed by atoms with van der Waals surface area (Å²) >= 11 is 0. The topological polar surface area (TPSA) is 85.7 Å². The first kappa shape index (κ1) is 21.9. The SMILES string of the molecule is N#Cc1ccccc1CN1CCCN(c2ccc(NC(=O)OCc3ccccc3)cc2)C1=O. The molecule has 166 valence electrons. The van der Waals surface area contributed by atoms with Crippen molar-refractivity contribution < 1.29 is 14.3 Å². The molecule has 1 aliphatic rings. The predicted molar refractivity (Wildman–Crippen MR) is 126 cm³/mol.